The molecular formula is C12H23NO. The van der Waals surface area contributed by atoms with Crippen LogP contribution in [-0.4, -0.2) is 30.8 Å². The maximum atomic E-state index is 11.7. The number of hydrogen-bond donors (Lipinski definition) is 0. The van der Waals surface area contributed by atoms with E-state index in [-0.39, 0.29) is 0 Å². The third kappa shape index (κ3) is 3.09. The van der Waals surface area contributed by atoms with Gasteiger partial charge in [0.15, 0.2) is 0 Å². The molecule has 2 unspecified atom stereocenters. The standard InChI is InChI=1S/C12H23NO/c1-4-10-6-7-12(14)11(8-10)9-13(3)5-2/h10-11H,4-9H2,1-3H3. The van der Waals surface area contributed by atoms with Gasteiger partial charge in [0.2, 0.25) is 0 Å². The van der Waals surface area contributed by atoms with Crippen LogP contribution in [0.1, 0.15) is 39.5 Å². The molecule has 0 radical (unpaired) electrons. The Bertz CT molecular complexity index is 189. The number of ketones is 1. The van der Waals surface area contributed by atoms with Crippen LogP contribution in [-0.2, 0) is 4.79 Å². The van der Waals surface area contributed by atoms with Gasteiger partial charge in [0.1, 0.15) is 5.78 Å². The largest absolute Gasteiger partial charge is 0.306 e. The highest BCUT2D eigenvalue weighted by molar-refractivity contribution is 5.81. The molecule has 0 aromatic heterocycles. The van der Waals surface area contributed by atoms with Gasteiger partial charge in [-0.15, -0.1) is 0 Å². The predicted molar refractivity (Wildman–Crippen MR) is 59.3 cm³/mol. The molecule has 1 aliphatic carbocycles. The molecule has 0 heterocycles. The molecule has 1 rings (SSSR count). The van der Waals surface area contributed by atoms with Crippen molar-refractivity contribution in [3.63, 3.8) is 0 Å². The summed E-state index contributed by atoms with van der Waals surface area (Å²) in [5.41, 5.74) is 0. The van der Waals surface area contributed by atoms with E-state index in [4.69, 9.17) is 0 Å². The van der Waals surface area contributed by atoms with Crippen LogP contribution in [0.2, 0.25) is 0 Å². The van der Waals surface area contributed by atoms with Gasteiger partial charge in [-0.25, -0.2) is 0 Å². The summed E-state index contributed by atoms with van der Waals surface area (Å²) < 4.78 is 0. The first kappa shape index (κ1) is 11.7. The van der Waals surface area contributed by atoms with E-state index in [1.54, 1.807) is 0 Å². The second kappa shape index (κ2) is 5.50. The fourth-order valence-electron chi connectivity index (χ4n) is 2.25. The molecule has 14 heavy (non-hydrogen) atoms. The van der Waals surface area contributed by atoms with Gasteiger partial charge >= 0.3 is 0 Å². The van der Waals surface area contributed by atoms with E-state index in [9.17, 15) is 4.79 Å². The summed E-state index contributed by atoms with van der Waals surface area (Å²) in [6, 6.07) is 0. The third-order valence-corrected chi connectivity index (χ3v) is 3.52. The minimum atomic E-state index is 0.318. The molecule has 1 fully saturated rings. The lowest BCUT2D eigenvalue weighted by molar-refractivity contribution is -0.126. The predicted octanol–water partition coefficient (Wildman–Crippen LogP) is 2.33. The van der Waals surface area contributed by atoms with Gasteiger partial charge in [-0.05, 0) is 32.4 Å². The van der Waals surface area contributed by atoms with E-state index in [0.29, 0.717) is 11.7 Å². The highest BCUT2D eigenvalue weighted by Crippen LogP contribution is 2.28. The van der Waals surface area contributed by atoms with Crippen LogP contribution in [0.25, 0.3) is 0 Å². The minimum absolute atomic E-state index is 0.318. The molecule has 2 atom stereocenters. The number of carbonyl (C=O) groups excluding carboxylic acids is 1. The second-order valence-corrected chi connectivity index (χ2v) is 4.57. The lowest BCUT2D eigenvalue weighted by atomic mass is 9.79. The van der Waals surface area contributed by atoms with Crippen LogP contribution < -0.4 is 0 Å². The van der Waals surface area contributed by atoms with Gasteiger partial charge < -0.3 is 4.90 Å². The minimum Gasteiger partial charge on any atom is -0.306 e. The van der Waals surface area contributed by atoms with Crippen molar-refractivity contribution in [1.82, 2.24) is 4.90 Å². The van der Waals surface area contributed by atoms with E-state index in [1.807, 2.05) is 0 Å². The maximum absolute atomic E-state index is 11.7. The summed E-state index contributed by atoms with van der Waals surface area (Å²) in [4.78, 5) is 13.9. The second-order valence-electron chi connectivity index (χ2n) is 4.57. The van der Waals surface area contributed by atoms with E-state index in [2.05, 4.69) is 25.8 Å². The van der Waals surface area contributed by atoms with E-state index in [0.717, 1.165) is 38.3 Å². The SMILES string of the molecule is CCC1CCC(=O)C(CN(C)CC)C1. The smallest absolute Gasteiger partial charge is 0.137 e. The van der Waals surface area contributed by atoms with Crippen LogP contribution in [0, 0.1) is 11.8 Å². The van der Waals surface area contributed by atoms with Crippen molar-refractivity contribution in [3.8, 4) is 0 Å². The Balaban J connectivity index is 2.44. The van der Waals surface area contributed by atoms with Crippen molar-refractivity contribution in [2.45, 2.75) is 39.5 Å². The molecule has 2 nitrogen and oxygen atoms in total. The highest BCUT2D eigenvalue weighted by atomic mass is 16.1. The molecule has 0 N–H and O–H groups in total. The lowest BCUT2D eigenvalue weighted by Gasteiger charge is -2.30. The zero-order valence-corrected chi connectivity index (χ0v) is 9.75. The monoisotopic (exact) mass is 197 g/mol. The molecule has 0 saturated heterocycles. The fraction of sp³-hybridized carbons (Fsp3) is 0.917. The van der Waals surface area contributed by atoms with Crippen molar-refractivity contribution in [2.24, 2.45) is 11.8 Å². The van der Waals surface area contributed by atoms with E-state index >= 15 is 0 Å². The normalized spacial score (nSPS) is 28.4. The molecule has 0 spiro atoms. The Morgan fingerprint density at radius 3 is 2.71 bits per heavy atom. The Kier molecular flexibility index (Phi) is 4.59. The van der Waals surface area contributed by atoms with Crippen LogP contribution in [0.3, 0.4) is 0 Å². The summed E-state index contributed by atoms with van der Waals surface area (Å²) >= 11 is 0. The van der Waals surface area contributed by atoms with Gasteiger partial charge in [-0.2, -0.15) is 0 Å². The number of carbonyl (C=O) groups is 1. The van der Waals surface area contributed by atoms with E-state index in [1.165, 1.54) is 6.42 Å². The van der Waals surface area contributed by atoms with Crippen molar-refractivity contribution < 1.29 is 4.79 Å². The Hall–Kier alpha value is -0.370. The summed E-state index contributed by atoms with van der Waals surface area (Å²) in [7, 11) is 2.10. The van der Waals surface area contributed by atoms with Crippen LogP contribution in [0.15, 0.2) is 0 Å². The third-order valence-electron chi connectivity index (χ3n) is 3.52. The molecule has 82 valence electrons. The summed E-state index contributed by atoms with van der Waals surface area (Å²) in [5.74, 6) is 1.61. The van der Waals surface area contributed by atoms with Gasteiger partial charge in [-0.3, -0.25) is 4.79 Å². The fourth-order valence-corrected chi connectivity index (χ4v) is 2.25. The number of nitrogens with zero attached hydrogens (tertiary/aromatic N) is 1. The first-order chi connectivity index (χ1) is 6.67. The zero-order chi connectivity index (χ0) is 10.6. The number of Topliss-reactive ketones (excluding diaryl/α,β-unsaturated/α-hetero) is 1. The molecule has 0 aromatic rings. The average Bonchev–Trinajstić information content (AvgIpc) is 2.21. The van der Waals surface area contributed by atoms with Crippen molar-refractivity contribution in [2.75, 3.05) is 20.1 Å². The van der Waals surface area contributed by atoms with Gasteiger partial charge in [0, 0.05) is 18.9 Å². The van der Waals surface area contributed by atoms with E-state index < -0.39 is 0 Å². The zero-order valence-electron chi connectivity index (χ0n) is 9.75. The molecular weight excluding hydrogens is 174 g/mol. The summed E-state index contributed by atoms with van der Waals surface area (Å²) in [6.45, 7) is 6.39. The maximum Gasteiger partial charge on any atom is 0.137 e. The van der Waals surface area contributed by atoms with Crippen molar-refractivity contribution in [3.05, 3.63) is 0 Å². The Morgan fingerprint density at radius 2 is 2.14 bits per heavy atom. The summed E-state index contributed by atoms with van der Waals surface area (Å²) in [6.07, 6.45) is 4.31. The molecule has 1 aliphatic rings. The van der Waals surface area contributed by atoms with Gasteiger partial charge in [0.05, 0.1) is 0 Å². The molecule has 2 heteroatoms. The number of hydrogen-bond acceptors (Lipinski definition) is 2. The molecule has 0 bridgehead atoms. The van der Waals surface area contributed by atoms with Crippen molar-refractivity contribution >= 4 is 5.78 Å². The lowest BCUT2D eigenvalue weighted by Crippen LogP contribution is -2.34. The Morgan fingerprint density at radius 1 is 1.43 bits per heavy atom. The van der Waals surface area contributed by atoms with Gasteiger partial charge in [-0.1, -0.05) is 20.3 Å². The van der Waals surface area contributed by atoms with Crippen LogP contribution in [0.5, 0.6) is 0 Å². The van der Waals surface area contributed by atoms with Crippen LogP contribution in [0.4, 0.5) is 0 Å². The highest BCUT2D eigenvalue weighted by Gasteiger charge is 2.28. The average molecular weight is 197 g/mol. The summed E-state index contributed by atoms with van der Waals surface area (Å²) in [5, 5.41) is 0. The molecule has 0 aromatic carbocycles. The molecule has 0 aliphatic heterocycles. The quantitative estimate of drug-likeness (QED) is 0.689. The van der Waals surface area contributed by atoms with Gasteiger partial charge in [0.25, 0.3) is 0 Å². The number of rotatable bonds is 4. The topological polar surface area (TPSA) is 20.3 Å². The van der Waals surface area contributed by atoms with Crippen LogP contribution >= 0.6 is 0 Å². The Labute approximate surface area is 87.7 Å². The molecule has 1 saturated carbocycles. The molecule has 0 amide bonds. The first-order valence-electron chi connectivity index (χ1n) is 5.88. The first-order valence-corrected chi connectivity index (χ1v) is 5.88. The van der Waals surface area contributed by atoms with Crippen molar-refractivity contribution in [1.29, 1.82) is 0 Å².